The number of hydrogen-bond donors (Lipinski definition) is 1. The van der Waals surface area contributed by atoms with Crippen LogP contribution in [0.4, 0.5) is 5.69 Å². The maximum absolute atomic E-state index is 12.9. The number of ketones is 1. The van der Waals surface area contributed by atoms with Gasteiger partial charge >= 0.3 is 0 Å². The van der Waals surface area contributed by atoms with Crippen LogP contribution in [0.25, 0.3) is 0 Å². The van der Waals surface area contributed by atoms with E-state index in [4.69, 9.17) is 10.5 Å². The van der Waals surface area contributed by atoms with Crippen LogP contribution >= 0.6 is 0 Å². The third kappa shape index (κ3) is 3.13. The molecule has 136 valence electrons. The lowest BCUT2D eigenvalue weighted by molar-refractivity contribution is -0.119. The molecule has 1 heterocycles. The highest BCUT2D eigenvalue weighted by atomic mass is 16.5. The van der Waals surface area contributed by atoms with Gasteiger partial charge in [0.15, 0.2) is 5.78 Å². The largest absolute Gasteiger partial charge is 0.444 e. The SMILES string of the molecule is CC1(C)CC(=O)C2=C(C1)OC(N)=C(C#N)[C@@H]2c1ccc([N+](C)(C)C)cc1. The molecule has 3 rings (SSSR count). The molecule has 1 aliphatic carbocycles. The van der Waals surface area contributed by atoms with Gasteiger partial charge in [0.25, 0.3) is 0 Å². The maximum atomic E-state index is 12.9. The molecule has 1 aromatic rings. The molecule has 0 saturated heterocycles. The molecule has 0 aromatic heterocycles. The number of hydrogen-bond acceptors (Lipinski definition) is 4. The van der Waals surface area contributed by atoms with E-state index in [-0.39, 0.29) is 17.1 Å². The second-order valence-corrected chi connectivity index (χ2v) is 8.81. The van der Waals surface area contributed by atoms with Crippen molar-refractivity contribution in [3.05, 3.63) is 52.6 Å². The molecule has 0 unspecified atom stereocenters. The summed E-state index contributed by atoms with van der Waals surface area (Å²) in [4.78, 5) is 12.9. The molecule has 2 N–H and O–H groups in total. The van der Waals surface area contributed by atoms with Gasteiger partial charge in [0.1, 0.15) is 23.1 Å². The van der Waals surface area contributed by atoms with E-state index in [2.05, 4.69) is 27.2 Å². The number of carbonyl (C=O) groups is 1. The average Bonchev–Trinajstić information content (AvgIpc) is 2.51. The summed E-state index contributed by atoms with van der Waals surface area (Å²) in [5.41, 5.74) is 8.82. The number of benzene rings is 1. The van der Waals surface area contributed by atoms with Crippen LogP contribution in [0.15, 0.2) is 47.1 Å². The minimum atomic E-state index is -0.450. The van der Waals surface area contributed by atoms with Crippen LogP contribution in [0, 0.1) is 16.7 Å². The first-order valence-corrected chi connectivity index (χ1v) is 8.79. The monoisotopic (exact) mass is 352 g/mol. The van der Waals surface area contributed by atoms with E-state index < -0.39 is 5.92 Å². The molecular weight excluding hydrogens is 326 g/mol. The smallest absolute Gasteiger partial charge is 0.205 e. The molecular formula is C21H26N3O2+. The van der Waals surface area contributed by atoms with Crippen molar-refractivity contribution >= 4 is 11.5 Å². The predicted octanol–water partition coefficient (Wildman–Crippen LogP) is 3.33. The Kier molecular flexibility index (Phi) is 4.20. The first-order chi connectivity index (χ1) is 12.0. The van der Waals surface area contributed by atoms with Crippen LogP contribution in [0.2, 0.25) is 0 Å². The van der Waals surface area contributed by atoms with Crippen LogP contribution in [-0.4, -0.2) is 26.9 Å². The first-order valence-electron chi connectivity index (χ1n) is 8.79. The number of quaternary nitrogens is 1. The van der Waals surface area contributed by atoms with Crippen molar-refractivity contribution in [3.63, 3.8) is 0 Å². The van der Waals surface area contributed by atoms with Gasteiger partial charge in [0.05, 0.1) is 27.1 Å². The summed E-state index contributed by atoms with van der Waals surface area (Å²) < 4.78 is 6.41. The minimum absolute atomic E-state index is 0.0391. The summed E-state index contributed by atoms with van der Waals surface area (Å²) in [6.45, 7) is 4.09. The van der Waals surface area contributed by atoms with Crippen molar-refractivity contribution < 1.29 is 9.53 Å². The summed E-state index contributed by atoms with van der Waals surface area (Å²) in [7, 11) is 6.28. The Bertz CT molecular complexity index is 862. The van der Waals surface area contributed by atoms with Gasteiger partial charge in [-0.05, 0) is 23.1 Å². The Balaban J connectivity index is 2.12. The number of Topliss-reactive ketones (excluding diaryl/α,β-unsaturated/α-hetero) is 1. The highest BCUT2D eigenvalue weighted by Crippen LogP contribution is 2.47. The fourth-order valence-corrected chi connectivity index (χ4v) is 3.73. The second-order valence-electron chi connectivity index (χ2n) is 8.81. The number of rotatable bonds is 2. The summed E-state index contributed by atoms with van der Waals surface area (Å²) in [6.07, 6.45) is 1.09. The van der Waals surface area contributed by atoms with Gasteiger partial charge in [0.2, 0.25) is 5.88 Å². The van der Waals surface area contributed by atoms with E-state index in [9.17, 15) is 10.1 Å². The number of allylic oxidation sites excluding steroid dienone is 3. The highest BCUT2D eigenvalue weighted by Gasteiger charge is 2.42. The third-order valence-electron chi connectivity index (χ3n) is 5.08. The molecule has 2 aliphatic rings. The minimum Gasteiger partial charge on any atom is -0.444 e. The fourth-order valence-electron chi connectivity index (χ4n) is 3.73. The molecule has 5 heteroatoms. The summed E-state index contributed by atoms with van der Waals surface area (Å²) in [5, 5.41) is 9.65. The zero-order valence-electron chi connectivity index (χ0n) is 16.1. The zero-order valence-corrected chi connectivity index (χ0v) is 16.1. The van der Waals surface area contributed by atoms with Crippen LogP contribution in [-0.2, 0) is 9.53 Å². The van der Waals surface area contributed by atoms with Gasteiger partial charge in [-0.3, -0.25) is 9.28 Å². The summed E-state index contributed by atoms with van der Waals surface area (Å²) in [5.74, 6) is 0.312. The number of ether oxygens (including phenoxy) is 1. The number of nitriles is 1. The van der Waals surface area contributed by atoms with Crippen molar-refractivity contribution in [2.24, 2.45) is 11.1 Å². The van der Waals surface area contributed by atoms with Crippen molar-refractivity contribution in [1.82, 2.24) is 4.48 Å². The number of nitrogens with two attached hydrogens (primary N) is 1. The Hall–Kier alpha value is -2.58. The fraction of sp³-hybridized carbons (Fsp3) is 0.429. The van der Waals surface area contributed by atoms with Crippen molar-refractivity contribution in [3.8, 4) is 6.07 Å². The van der Waals surface area contributed by atoms with E-state index in [1.807, 2.05) is 38.1 Å². The Morgan fingerprint density at radius 2 is 1.81 bits per heavy atom. The van der Waals surface area contributed by atoms with Crippen LogP contribution in [0.3, 0.4) is 0 Å². The normalized spacial score (nSPS) is 22.6. The molecule has 0 bridgehead atoms. The molecule has 0 spiro atoms. The predicted molar refractivity (Wildman–Crippen MR) is 102 cm³/mol. The quantitative estimate of drug-likeness (QED) is 0.828. The highest BCUT2D eigenvalue weighted by molar-refractivity contribution is 6.00. The van der Waals surface area contributed by atoms with E-state index in [1.54, 1.807) is 0 Å². The molecule has 1 aliphatic heterocycles. The Morgan fingerprint density at radius 1 is 1.19 bits per heavy atom. The molecule has 5 nitrogen and oxygen atoms in total. The van der Waals surface area contributed by atoms with Gasteiger partial charge in [-0.2, -0.15) is 5.26 Å². The van der Waals surface area contributed by atoms with Gasteiger partial charge in [-0.1, -0.05) is 26.0 Å². The van der Waals surface area contributed by atoms with Crippen molar-refractivity contribution in [1.29, 1.82) is 5.26 Å². The summed E-state index contributed by atoms with van der Waals surface area (Å²) in [6, 6.07) is 10.2. The van der Waals surface area contributed by atoms with Crippen LogP contribution < -0.4 is 10.2 Å². The molecule has 0 fully saturated rings. The van der Waals surface area contributed by atoms with E-state index >= 15 is 0 Å². The maximum Gasteiger partial charge on any atom is 0.205 e. The van der Waals surface area contributed by atoms with Crippen LogP contribution in [0.5, 0.6) is 0 Å². The molecule has 0 radical (unpaired) electrons. The van der Waals surface area contributed by atoms with Gasteiger partial charge in [-0.25, -0.2) is 0 Å². The Morgan fingerprint density at radius 3 is 2.35 bits per heavy atom. The lowest BCUT2D eigenvalue weighted by atomic mass is 9.70. The zero-order chi connectivity index (χ0) is 19.3. The van der Waals surface area contributed by atoms with Gasteiger partial charge in [-0.15, -0.1) is 0 Å². The molecule has 0 amide bonds. The molecule has 1 atom stereocenters. The Labute approximate surface area is 154 Å². The third-order valence-corrected chi connectivity index (χ3v) is 5.08. The van der Waals surface area contributed by atoms with Crippen LogP contribution in [0.1, 0.15) is 38.2 Å². The van der Waals surface area contributed by atoms with E-state index in [0.29, 0.717) is 34.2 Å². The lowest BCUT2D eigenvalue weighted by Crippen LogP contribution is -2.35. The lowest BCUT2D eigenvalue weighted by Gasteiger charge is -2.37. The number of nitrogens with zero attached hydrogens (tertiary/aromatic N) is 2. The first kappa shape index (κ1) is 18.2. The molecule has 0 saturated carbocycles. The second kappa shape index (κ2) is 6.00. The van der Waals surface area contributed by atoms with Crippen molar-refractivity contribution in [2.75, 3.05) is 21.1 Å². The average molecular weight is 352 g/mol. The van der Waals surface area contributed by atoms with Gasteiger partial charge in [0, 0.05) is 18.4 Å². The molecule has 26 heavy (non-hydrogen) atoms. The number of carbonyl (C=O) groups excluding carboxylic acids is 1. The molecule has 1 aromatic carbocycles. The van der Waals surface area contributed by atoms with Crippen molar-refractivity contribution in [2.45, 2.75) is 32.6 Å². The van der Waals surface area contributed by atoms with Gasteiger partial charge < -0.3 is 10.5 Å². The van der Waals surface area contributed by atoms with E-state index in [1.165, 1.54) is 0 Å². The summed E-state index contributed by atoms with van der Waals surface area (Å²) >= 11 is 0. The topological polar surface area (TPSA) is 76.1 Å². The van der Waals surface area contributed by atoms with E-state index in [0.717, 1.165) is 11.3 Å². The standard InChI is InChI=1S/C21H26N3O2/c1-21(2)10-16(25)19-17(11-21)26-20(23)15(12-22)18(19)13-6-8-14(9-7-13)24(3,4)5/h6-9,18H,10-11,23H2,1-5H3/q+1/t18-/m0/s1.